The van der Waals surface area contributed by atoms with Crippen LogP contribution in [0.25, 0.3) is 0 Å². The second-order valence-electron chi connectivity index (χ2n) is 5.38. The van der Waals surface area contributed by atoms with E-state index in [2.05, 4.69) is 15.4 Å². The maximum atomic E-state index is 12.0. The average molecular weight is 357 g/mol. The van der Waals surface area contributed by atoms with Gasteiger partial charge in [0.15, 0.2) is 6.61 Å². The number of aromatic nitrogens is 3. The van der Waals surface area contributed by atoms with E-state index in [-0.39, 0.29) is 12.5 Å². The Morgan fingerprint density at radius 3 is 2.60 bits per heavy atom. The molecular weight excluding hydrogens is 340 g/mol. The van der Waals surface area contributed by atoms with Crippen LogP contribution in [0.3, 0.4) is 0 Å². The molecule has 1 N–H and O–H groups in total. The number of ether oxygens (including phenoxy) is 1. The number of carbonyl (C=O) groups excluding carboxylic acids is 1. The van der Waals surface area contributed by atoms with Gasteiger partial charge in [0.2, 0.25) is 0 Å². The van der Waals surface area contributed by atoms with Crippen LogP contribution in [-0.2, 0) is 17.9 Å². The molecule has 3 aromatic rings. The number of nitrogens with zero attached hydrogens (tertiary/aromatic N) is 3. The number of amides is 1. The van der Waals surface area contributed by atoms with E-state index in [1.54, 1.807) is 35.3 Å². The molecule has 1 heterocycles. The van der Waals surface area contributed by atoms with Gasteiger partial charge in [0.25, 0.3) is 5.91 Å². The van der Waals surface area contributed by atoms with Crippen molar-refractivity contribution in [3.8, 4) is 5.75 Å². The Balaban J connectivity index is 1.52. The van der Waals surface area contributed by atoms with Crippen molar-refractivity contribution in [1.29, 1.82) is 0 Å². The summed E-state index contributed by atoms with van der Waals surface area (Å²) in [6.07, 6.45) is 3.16. The molecule has 6 nitrogen and oxygen atoms in total. The topological polar surface area (TPSA) is 69.0 Å². The Hall–Kier alpha value is -2.86. The highest BCUT2D eigenvalue weighted by molar-refractivity contribution is 6.30. The first kappa shape index (κ1) is 17.0. The lowest BCUT2D eigenvalue weighted by molar-refractivity contribution is -0.123. The minimum absolute atomic E-state index is 0.0487. The van der Waals surface area contributed by atoms with Crippen molar-refractivity contribution in [3.05, 3.63) is 77.3 Å². The van der Waals surface area contributed by atoms with Crippen LogP contribution in [0.15, 0.2) is 61.2 Å². The molecule has 0 saturated carbocycles. The second kappa shape index (κ2) is 8.30. The van der Waals surface area contributed by atoms with Gasteiger partial charge in [-0.25, -0.2) is 9.67 Å². The van der Waals surface area contributed by atoms with Crippen molar-refractivity contribution in [2.75, 3.05) is 6.61 Å². The molecule has 0 aliphatic rings. The summed E-state index contributed by atoms with van der Waals surface area (Å²) in [6, 6.07) is 14.8. The zero-order chi connectivity index (χ0) is 17.5. The number of carbonyl (C=O) groups is 1. The molecule has 0 spiro atoms. The van der Waals surface area contributed by atoms with Crippen molar-refractivity contribution in [2.45, 2.75) is 13.1 Å². The van der Waals surface area contributed by atoms with E-state index < -0.39 is 0 Å². The van der Waals surface area contributed by atoms with Crippen molar-refractivity contribution in [2.24, 2.45) is 0 Å². The summed E-state index contributed by atoms with van der Waals surface area (Å²) in [5.74, 6) is 0.414. The van der Waals surface area contributed by atoms with E-state index in [1.165, 1.54) is 6.33 Å². The molecule has 7 heteroatoms. The standard InChI is InChI=1S/C18H17ClN4O2/c19-16-5-7-17(8-6-16)25-11-18(24)21-9-14-3-1-2-4-15(14)10-23-13-20-12-22-23/h1-8,12-13H,9-11H2,(H,21,24). The molecule has 0 atom stereocenters. The fourth-order valence-corrected chi connectivity index (χ4v) is 2.42. The quantitative estimate of drug-likeness (QED) is 0.706. The van der Waals surface area contributed by atoms with Crippen LogP contribution in [-0.4, -0.2) is 27.3 Å². The van der Waals surface area contributed by atoms with Crippen molar-refractivity contribution in [1.82, 2.24) is 20.1 Å². The van der Waals surface area contributed by atoms with Crippen LogP contribution in [0.2, 0.25) is 5.02 Å². The van der Waals surface area contributed by atoms with Crippen LogP contribution in [0, 0.1) is 0 Å². The molecule has 128 valence electrons. The summed E-state index contributed by atoms with van der Waals surface area (Å²) in [7, 11) is 0. The first-order valence-electron chi connectivity index (χ1n) is 7.75. The van der Waals surface area contributed by atoms with Crippen LogP contribution < -0.4 is 10.1 Å². The van der Waals surface area contributed by atoms with E-state index in [9.17, 15) is 4.79 Å². The van der Waals surface area contributed by atoms with E-state index in [0.29, 0.717) is 23.9 Å². The number of hydrogen-bond acceptors (Lipinski definition) is 4. The van der Waals surface area contributed by atoms with Gasteiger partial charge >= 0.3 is 0 Å². The SMILES string of the molecule is O=C(COc1ccc(Cl)cc1)NCc1ccccc1Cn1cncn1. The maximum absolute atomic E-state index is 12.0. The number of benzene rings is 2. The summed E-state index contributed by atoms with van der Waals surface area (Å²) < 4.78 is 7.17. The molecule has 0 saturated heterocycles. The number of rotatable bonds is 7. The second-order valence-corrected chi connectivity index (χ2v) is 5.82. The maximum Gasteiger partial charge on any atom is 0.258 e. The van der Waals surface area contributed by atoms with E-state index >= 15 is 0 Å². The molecule has 2 aromatic carbocycles. The zero-order valence-electron chi connectivity index (χ0n) is 13.4. The summed E-state index contributed by atoms with van der Waals surface area (Å²) >= 11 is 5.81. The molecule has 1 amide bonds. The monoisotopic (exact) mass is 356 g/mol. The van der Waals surface area contributed by atoms with Gasteiger partial charge in [0, 0.05) is 11.6 Å². The van der Waals surface area contributed by atoms with Crippen molar-refractivity contribution in [3.63, 3.8) is 0 Å². The Bertz CT molecular complexity index is 819. The van der Waals surface area contributed by atoms with Gasteiger partial charge in [-0.2, -0.15) is 5.10 Å². The van der Waals surface area contributed by atoms with Gasteiger partial charge in [-0.15, -0.1) is 0 Å². The fourth-order valence-electron chi connectivity index (χ4n) is 2.30. The van der Waals surface area contributed by atoms with E-state index in [1.807, 2.05) is 24.3 Å². The lowest BCUT2D eigenvalue weighted by Crippen LogP contribution is -2.28. The van der Waals surface area contributed by atoms with Crippen LogP contribution in [0.4, 0.5) is 0 Å². The molecule has 1 aromatic heterocycles. The Morgan fingerprint density at radius 1 is 1.12 bits per heavy atom. The Kier molecular flexibility index (Phi) is 5.64. The zero-order valence-corrected chi connectivity index (χ0v) is 14.2. The van der Waals surface area contributed by atoms with E-state index in [0.717, 1.165) is 11.1 Å². The summed E-state index contributed by atoms with van der Waals surface area (Å²) in [5, 5.41) is 7.60. The number of halogens is 1. The molecule has 3 rings (SSSR count). The van der Waals surface area contributed by atoms with E-state index in [4.69, 9.17) is 16.3 Å². The van der Waals surface area contributed by atoms with Gasteiger partial charge < -0.3 is 10.1 Å². The smallest absolute Gasteiger partial charge is 0.258 e. The summed E-state index contributed by atoms with van der Waals surface area (Å²) in [4.78, 5) is 15.9. The van der Waals surface area contributed by atoms with Gasteiger partial charge in [0.05, 0.1) is 6.54 Å². The summed E-state index contributed by atoms with van der Waals surface area (Å²) in [6.45, 7) is 0.980. The molecule has 0 aliphatic carbocycles. The van der Waals surface area contributed by atoms with Gasteiger partial charge in [-0.3, -0.25) is 4.79 Å². The van der Waals surface area contributed by atoms with Crippen LogP contribution in [0.5, 0.6) is 5.75 Å². The average Bonchev–Trinajstić information content (AvgIpc) is 3.13. The first-order valence-corrected chi connectivity index (χ1v) is 8.13. The molecular formula is C18H17ClN4O2. The third-order valence-electron chi connectivity index (χ3n) is 3.58. The van der Waals surface area contributed by atoms with Crippen LogP contribution in [0.1, 0.15) is 11.1 Å². The highest BCUT2D eigenvalue weighted by atomic mass is 35.5. The largest absolute Gasteiger partial charge is 0.484 e. The molecule has 0 unspecified atom stereocenters. The number of nitrogens with one attached hydrogen (secondary N) is 1. The van der Waals surface area contributed by atoms with Gasteiger partial charge in [0.1, 0.15) is 18.4 Å². The molecule has 0 fully saturated rings. The Labute approximate surface area is 150 Å². The van der Waals surface area contributed by atoms with Crippen molar-refractivity contribution >= 4 is 17.5 Å². The van der Waals surface area contributed by atoms with Gasteiger partial charge in [-0.05, 0) is 35.4 Å². The third kappa shape index (κ3) is 5.06. The minimum atomic E-state index is -0.189. The Morgan fingerprint density at radius 2 is 1.88 bits per heavy atom. The van der Waals surface area contributed by atoms with Crippen molar-refractivity contribution < 1.29 is 9.53 Å². The molecule has 25 heavy (non-hydrogen) atoms. The lowest BCUT2D eigenvalue weighted by Gasteiger charge is -2.11. The summed E-state index contributed by atoms with van der Waals surface area (Å²) in [5.41, 5.74) is 2.10. The normalized spacial score (nSPS) is 10.4. The van der Waals surface area contributed by atoms with Gasteiger partial charge in [-0.1, -0.05) is 35.9 Å². The minimum Gasteiger partial charge on any atom is -0.484 e. The molecule has 0 radical (unpaired) electrons. The van der Waals surface area contributed by atoms with Crippen LogP contribution >= 0.6 is 11.6 Å². The number of hydrogen-bond donors (Lipinski definition) is 1. The fraction of sp³-hybridized carbons (Fsp3) is 0.167. The predicted molar refractivity (Wildman–Crippen MR) is 94.4 cm³/mol. The lowest BCUT2D eigenvalue weighted by atomic mass is 10.1. The highest BCUT2D eigenvalue weighted by Gasteiger charge is 2.07. The predicted octanol–water partition coefficient (Wildman–Crippen LogP) is 2.68. The molecule has 0 aliphatic heterocycles. The first-order chi connectivity index (χ1) is 12.2. The molecule has 0 bridgehead atoms. The third-order valence-corrected chi connectivity index (χ3v) is 3.83. The highest BCUT2D eigenvalue weighted by Crippen LogP contribution is 2.15.